The molecule has 0 aliphatic heterocycles. The van der Waals surface area contributed by atoms with Gasteiger partial charge in [-0.15, -0.1) is 0 Å². The molecule has 0 bridgehead atoms. The number of aryl methyl sites for hydroxylation is 1. The molecule has 0 saturated heterocycles. The lowest BCUT2D eigenvalue weighted by molar-refractivity contribution is 0.344. The van der Waals surface area contributed by atoms with Crippen molar-refractivity contribution < 1.29 is 8.39 Å². The molecule has 0 aromatic heterocycles. The molecule has 2 nitrogen and oxygen atoms in total. The fourth-order valence-corrected chi connectivity index (χ4v) is 1.84. The Labute approximate surface area is 97.6 Å². The Kier molecular flexibility index (Phi) is 6.32. The number of hydrogen-bond acceptors (Lipinski definition) is 2. The lowest BCUT2D eigenvalue weighted by Crippen LogP contribution is -1.97. The van der Waals surface area contributed by atoms with Gasteiger partial charge in [0.1, 0.15) is 0 Å². The van der Waals surface area contributed by atoms with Crippen molar-refractivity contribution in [3.8, 4) is 0 Å². The summed E-state index contributed by atoms with van der Waals surface area (Å²) in [5, 5.41) is 1.31. The van der Waals surface area contributed by atoms with Gasteiger partial charge in [0.15, 0.2) is 11.1 Å². The number of rotatable bonds is 6. The summed E-state index contributed by atoms with van der Waals surface area (Å²) in [6.45, 7) is 0.475. The standard InChI is InChI=1S/C11H13ClO2S/c12-8-10-15(13)14-9-4-7-11-5-2-1-3-6-11/h1-3,5-6,8,10H,4,7,9H2/b10-8-. The topological polar surface area (TPSA) is 26.3 Å². The van der Waals surface area contributed by atoms with E-state index in [9.17, 15) is 4.21 Å². The third-order valence-electron chi connectivity index (χ3n) is 1.81. The van der Waals surface area contributed by atoms with E-state index in [1.165, 1.54) is 16.5 Å². The summed E-state index contributed by atoms with van der Waals surface area (Å²) in [4.78, 5) is 0. The van der Waals surface area contributed by atoms with E-state index in [1.807, 2.05) is 18.2 Å². The van der Waals surface area contributed by atoms with E-state index in [0.29, 0.717) is 6.61 Å². The lowest BCUT2D eigenvalue weighted by atomic mass is 10.1. The Balaban J connectivity index is 2.15. The van der Waals surface area contributed by atoms with Crippen molar-refractivity contribution in [1.29, 1.82) is 0 Å². The maximum atomic E-state index is 11.0. The molecule has 0 N–H and O–H groups in total. The average Bonchev–Trinajstić information content (AvgIpc) is 2.26. The number of hydrogen-bond donors (Lipinski definition) is 0. The molecule has 0 radical (unpaired) electrons. The van der Waals surface area contributed by atoms with Crippen molar-refractivity contribution in [2.24, 2.45) is 0 Å². The zero-order chi connectivity index (χ0) is 10.9. The highest BCUT2D eigenvalue weighted by Crippen LogP contribution is 2.03. The summed E-state index contributed by atoms with van der Waals surface area (Å²) in [6.07, 6.45) is 1.79. The minimum atomic E-state index is -1.39. The molecule has 15 heavy (non-hydrogen) atoms. The molecule has 1 unspecified atom stereocenters. The fraction of sp³-hybridized carbons (Fsp3) is 0.273. The highest BCUT2D eigenvalue weighted by Gasteiger charge is 1.95. The van der Waals surface area contributed by atoms with Gasteiger partial charge in [-0.2, -0.15) is 0 Å². The first-order valence-corrected chi connectivity index (χ1v) is 6.25. The largest absolute Gasteiger partial charge is 0.287 e. The van der Waals surface area contributed by atoms with Crippen LogP contribution in [0.1, 0.15) is 12.0 Å². The molecule has 0 saturated carbocycles. The first kappa shape index (κ1) is 12.4. The van der Waals surface area contributed by atoms with Crippen LogP contribution in [0.2, 0.25) is 0 Å². The predicted molar refractivity (Wildman–Crippen MR) is 63.9 cm³/mol. The van der Waals surface area contributed by atoms with Crippen molar-refractivity contribution in [3.63, 3.8) is 0 Å². The number of benzene rings is 1. The molecule has 1 rings (SSSR count). The zero-order valence-electron chi connectivity index (χ0n) is 8.27. The van der Waals surface area contributed by atoms with Gasteiger partial charge in [0.2, 0.25) is 0 Å². The van der Waals surface area contributed by atoms with E-state index in [0.717, 1.165) is 12.8 Å². The summed E-state index contributed by atoms with van der Waals surface area (Å²) in [5.74, 6) is 0. The molecule has 0 aliphatic carbocycles. The van der Waals surface area contributed by atoms with Crippen LogP contribution in [0.15, 0.2) is 41.3 Å². The fourth-order valence-electron chi connectivity index (χ4n) is 1.14. The number of halogens is 1. The molecule has 0 heterocycles. The highest BCUT2D eigenvalue weighted by molar-refractivity contribution is 7.83. The molecule has 0 aliphatic rings. The van der Waals surface area contributed by atoms with Crippen LogP contribution in [-0.4, -0.2) is 10.8 Å². The Morgan fingerprint density at radius 1 is 1.33 bits per heavy atom. The van der Waals surface area contributed by atoms with Gasteiger partial charge in [-0.3, -0.25) is 4.18 Å². The Morgan fingerprint density at radius 3 is 2.73 bits per heavy atom. The van der Waals surface area contributed by atoms with Gasteiger partial charge in [0.05, 0.1) is 6.61 Å². The smallest absolute Gasteiger partial charge is 0.182 e. The van der Waals surface area contributed by atoms with Crippen LogP contribution in [0.3, 0.4) is 0 Å². The van der Waals surface area contributed by atoms with E-state index < -0.39 is 11.1 Å². The van der Waals surface area contributed by atoms with Crippen molar-refractivity contribution in [2.75, 3.05) is 6.61 Å². The van der Waals surface area contributed by atoms with Crippen molar-refractivity contribution in [1.82, 2.24) is 0 Å². The third-order valence-corrected chi connectivity index (χ3v) is 2.85. The van der Waals surface area contributed by atoms with Crippen LogP contribution >= 0.6 is 11.6 Å². The summed E-state index contributed by atoms with van der Waals surface area (Å²) < 4.78 is 16.0. The van der Waals surface area contributed by atoms with Gasteiger partial charge in [-0.05, 0) is 18.4 Å². The molecule has 1 aromatic rings. The van der Waals surface area contributed by atoms with Crippen LogP contribution in [0.25, 0.3) is 0 Å². The molecule has 0 amide bonds. The normalized spacial score (nSPS) is 13.1. The third kappa shape index (κ3) is 5.72. The van der Waals surface area contributed by atoms with Crippen LogP contribution in [-0.2, 0) is 21.7 Å². The van der Waals surface area contributed by atoms with Gasteiger partial charge >= 0.3 is 0 Å². The molecule has 0 fully saturated rings. The summed E-state index contributed by atoms with van der Waals surface area (Å²) in [6, 6.07) is 10.1. The van der Waals surface area contributed by atoms with E-state index in [-0.39, 0.29) is 0 Å². The molecule has 1 atom stereocenters. The van der Waals surface area contributed by atoms with Crippen LogP contribution in [0.5, 0.6) is 0 Å². The second-order valence-electron chi connectivity index (χ2n) is 2.93. The Morgan fingerprint density at radius 2 is 2.07 bits per heavy atom. The lowest BCUT2D eigenvalue weighted by Gasteiger charge is -2.00. The predicted octanol–water partition coefficient (Wildman–Crippen LogP) is 3.01. The Hall–Kier alpha value is -0.640. The van der Waals surface area contributed by atoms with Gasteiger partial charge < -0.3 is 0 Å². The minimum absolute atomic E-state index is 0.475. The molecule has 0 spiro atoms. The van der Waals surface area contributed by atoms with Gasteiger partial charge in [-0.1, -0.05) is 41.9 Å². The van der Waals surface area contributed by atoms with E-state index in [4.69, 9.17) is 15.8 Å². The van der Waals surface area contributed by atoms with Crippen LogP contribution in [0, 0.1) is 0 Å². The average molecular weight is 245 g/mol. The van der Waals surface area contributed by atoms with Gasteiger partial charge in [0, 0.05) is 10.9 Å². The second-order valence-corrected chi connectivity index (χ2v) is 4.21. The summed E-state index contributed by atoms with van der Waals surface area (Å²) in [5.41, 5.74) is 2.47. The zero-order valence-corrected chi connectivity index (χ0v) is 9.84. The van der Waals surface area contributed by atoms with E-state index >= 15 is 0 Å². The second kappa shape index (κ2) is 7.63. The summed E-state index contributed by atoms with van der Waals surface area (Å²) >= 11 is 3.86. The van der Waals surface area contributed by atoms with Crippen LogP contribution in [0.4, 0.5) is 0 Å². The Bertz CT molecular complexity index is 325. The maximum Gasteiger partial charge on any atom is 0.182 e. The molecule has 82 valence electrons. The minimum Gasteiger partial charge on any atom is -0.287 e. The van der Waals surface area contributed by atoms with E-state index in [1.54, 1.807) is 0 Å². The monoisotopic (exact) mass is 244 g/mol. The van der Waals surface area contributed by atoms with Crippen molar-refractivity contribution >= 4 is 22.7 Å². The van der Waals surface area contributed by atoms with Gasteiger partial charge in [-0.25, -0.2) is 4.21 Å². The molecule has 1 aromatic carbocycles. The highest BCUT2D eigenvalue weighted by atomic mass is 35.5. The molecule has 4 heteroatoms. The van der Waals surface area contributed by atoms with Crippen LogP contribution < -0.4 is 0 Å². The molecular formula is C11H13ClO2S. The first-order valence-electron chi connectivity index (χ1n) is 4.67. The van der Waals surface area contributed by atoms with Crippen molar-refractivity contribution in [3.05, 3.63) is 46.8 Å². The first-order chi connectivity index (χ1) is 7.33. The maximum absolute atomic E-state index is 11.0. The van der Waals surface area contributed by atoms with Gasteiger partial charge in [0.25, 0.3) is 0 Å². The van der Waals surface area contributed by atoms with E-state index in [2.05, 4.69) is 12.1 Å². The summed E-state index contributed by atoms with van der Waals surface area (Å²) in [7, 11) is 0. The molecular weight excluding hydrogens is 232 g/mol. The van der Waals surface area contributed by atoms with Crippen molar-refractivity contribution in [2.45, 2.75) is 12.8 Å². The quantitative estimate of drug-likeness (QED) is 0.719. The SMILES string of the molecule is O=S(/C=C\Cl)OCCCc1ccccc1.